The molecule has 1 N–H and O–H groups in total. The molecule has 1 aromatic carbocycles. The first-order valence-electron chi connectivity index (χ1n) is 9.43. The van der Waals surface area contributed by atoms with Crippen LogP contribution in [0.25, 0.3) is 6.08 Å². The number of rotatable bonds is 9. The highest BCUT2D eigenvalue weighted by atomic mass is 16.5. The van der Waals surface area contributed by atoms with Gasteiger partial charge in [0.1, 0.15) is 11.3 Å². The van der Waals surface area contributed by atoms with Crippen LogP contribution in [0, 0.1) is 6.92 Å². The average Bonchev–Trinajstić information content (AvgIpc) is 3.03. The van der Waals surface area contributed by atoms with Crippen molar-refractivity contribution in [2.45, 2.75) is 27.7 Å². The van der Waals surface area contributed by atoms with Crippen LogP contribution in [0.4, 0.5) is 5.88 Å². The molecule has 2 rings (SSSR count). The fourth-order valence-corrected chi connectivity index (χ4v) is 2.84. The van der Waals surface area contributed by atoms with Crippen LogP contribution in [-0.4, -0.2) is 38.0 Å². The fourth-order valence-electron chi connectivity index (χ4n) is 2.84. The second-order valence-corrected chi connectivity index (χ2v) is 6.18. The first-order valence-corrected chi connectivity index (χ1v) is 9.43. The van der Waals surface area contributed by atoms with Crippen molar-refractivity contribution in [3.05, 3.63) is 46.7 Å². The molecule has 0 aliphatic heterocycles. The number of benzene rings is 1. The van der Waals surface area contributed by atoms with Crippen molar-refractivity contribution in [3.63, 3.8) is 0 Å². The van der Waals surface area contributed by atoms with E-state index in [1.807, 2.05) is 6.92 Å². The summed E-state index contributed by atoms with van der Waals surface area (Å²) in [6.07, 6.45) is 2.84. The third-order valence-corrected chi connectivity index (χ3v) is 4.07. The number of methoxy groups -OCH3 is 1. The number of aryl methyl sites for hydroxylation is 1. The summed E-state index contributed by atoms with van der Waals surface area (Å²) >= 11 is 0. The number of carbonyl (C=O) groups is 3. The maximum absolute atomic E-state index is 12.4. The Morgan fingerprint density at radius 2 is 1.83 bits per heavy atom. The second kappa shape index (κ2) is 10.3. The van der Waals surface area contributed by atoms with Gasteiger partial charge in [-0.05, 0) is 51.5 Å². The molecule has 0 bridgehead atoms. The Kier molecular flexibility index (Phi) is 7.80. The maximum Gasteiger partial charge on any atom is 0.344 e. The van der Waals surface area contributed by atoms with Gasteiger partial charge in [-0.3, -0.25) is 14.9 Å². The molecule has 8 heteroatoms. The lowest BCUT2D eigenvalue weighted by molar-refractivity contribution is -0.111. The topological polar surface area (TPSA) is 104 Å². The quantitative estimate of drug-likeness (QED) is 0.375. The van der Waals surface area contributed by atoms with Gasteiger partial charge in [-0.15, -0.1) is 0 Å². The van der Waals surface area contributed by atoms with E-state index in [1.165, 1.54) is 27.0 Å². The van der Waals surface area contributed by atoms with E-state index in [1.54, 1.807) is 31.2 Å². The fraction of sp³-hybridized carbons (Fsp3) is 0.318. The van der Waals surface area contributed by atoms with Crippen molar-refractivity contribution in [1.29, 1.82) is 0 Å². The summed E-state index contributed by atoms with van der Waals surface area (Å²) in [5.74, 6) is -0.416. The third kappa shape index (κ3) is 5.28. The Balaban J connectivity index is 2.25. The molecule has 0 atom stereocenters. The molecule has 160 valence electrons. The molecule has 30 heavy (non-hydrogen) atoms. The van der Waals surface area contributed by atoms with E-state index in [9.17, 15) is 14.4 Å². The van der Waals surface area contributed by atoms with Crippen molar-refractivity contribution >= 4 is 29.6 Å². The number of amides is 1. The molecule has 1 aromatic heterocycles. The molecule has 0 fully saturated rings. The number of hydrogen-bond acceptors (Lipinski definition) is 7. The van der Waals surface area contributed by atoms with Crippen LogP contribution >= 0.6 is 0 Å². The Morgan fingerprint density at radius 1 is 1.10 bits per heavy atom. The largest absolute Gasteiger partial charge is 0.493 e. The number of nitrogens with one attached hydrogen (secondary N) is 1. The molecule has 1 amide bonds. The number of Topliss-reactive ketones (excluding diaryl/α,β-unsaturated/α-hetero) is 1. The molecule has 0 aliphatic carbocycles. The van der Waals surface area contributed by atoms with E-state index >= 15 is 0 Å². The molecule has 0 saturated carbocycles. The van der Waals surface area contributed by atoms with Crippen LogP contribution in [0.3, 0.4) is 0 Å². The highest BCUT2D eigenvalue weighted by Gasteiger charge is 2.28. The van der Waals surface area contributed by atoms with Gasteiger partial charge in [-0.2, -0.15) is 0 Å². The lowest BCUT2D eigenvalue weighted by atomic mass is 10.1. The van der Waals surface area contributed by atoms with E-state index < -0.39 is 11.9 Å². The monoisotopic (exact) mass is 415 g/mol. The van der Waals surface area contributed by atoms with Crippen LogP contribution < -0.4 is 14.8 Å². The number of hydrogen-bond donors (Lipinski definition) is 1. The molecule has 1 heterocycles. The molecule has 0 spiro atoms. The highest BCUT2D eigenvalue weighted by Crippen LogP contribution is 2.30. The Hall–Kier alpha value is -3.55. The number of furan rings is 1. The van der Waals surface area contributed by atoms with Gasteiger partial charge in [0.25, 0.3) is 5.91 Å². The Bertz CT molecular complexity index is 972. The number of carbonyl (C=O) groups excluding carboxylic acids is 3. The van der Waals surface area contributed by atoms with Gasteiger partial charge in [0.15, 0.2) is 17.3 Å². The minimum Gasteiger partial charge on any atom is -0.493 e. The van der Waals surface area contributed by atoms with Crippen LogP contribution in [0.15, 0.2) is 28.7 Å². The summed E-state index contributed by atoms with van der Waals surface area (Å²) in [6.45, 7) is 6.98. The van der Waals surface area contributed by atoms with Gasteiger partial charge in [-0.1, -0.05) is 6.07 Å². The third-order valence-electron chi connectivity index (χ3n) is 4.07. The summed E-state index contributed by atoms with van der Waals surface area (Å²) in [4.78, 5) is 36.6. The predicted octanol–water partition coefficient (Wildman–Crippen LogP) is 4.03. The molecular weight excluding hydrogens is 390 g/mol. The maximum atomic E-state index is 12.4. The Morgan fingerprint density at radius 3 is 2.43 bits per heavy atom. The summed E-state index contributed by atoms with van der Waals surface area (Å²) in [6, 6.07) is 5.24. The standard InChI is InChI=1S/C22H25NO7/c1-6-28-16-10-8-15(12-17(16)27-5)9-11-18(25)23-21-20(22(26)29-7-2)19(13(3)24)14(4)30-21/h8-12H,6-7H2,1-5H3,(H,23,25)/b11-9+. The Labute approximate surface area is 174 Å². The highest BCUT2D eigenvalue weighted by molar-refractivity contribution is 6.12. The molecule has 0 unspecified atom stereocenters. The second-order valence-electron chi connectivity index (χ2n) is 6.18. The first kappa shape index (κ1) is 22.7. The molecule has 8 nitrogen and oxygen atoms in total. The van der Waals surface area contributed by atoms with Crippen molar-refractivity contribution < 1.29 is 33.0 Å². The smallest absolute Gasteiger partial charge is 0.344 e. The van der Waals surface area contributed by atoms with E-state index in [0.717, 1.165) is 0 Å². The van der Waals surface area contributed by atoms with Crippen LogP contribution in [0.5, 0.6) is 11.5 Å². The number of esters is 1. The normalized spacial score (nSPS) is 10.7. The van der Waals surface area contributed by atoms with Crippen molar-refractivity contribution in [2.75, 3.05) is 25.6 Å². The van der Waals surface area contributed by atoms with Crippen molar-refractivity contribution in [2.24, 2.45) is 0 Å². The zero-order chi connectivity index (χ0) is 22.3. The number of ketones is 1. The minimum atomic E-state index is -0.741. The molecule has 2 aromatic rings. The van der Waals surface area contributed by atoms with E-state index in [2.05, 4.69) is 5.32 Å². The van der Waals surface area contributed by atoms with Crippen LogP contribution in [-0.2, 0) is 9.53 Å². The van der Waals surface area contributed by atoms with E-state index in [-0.39, 0.29) is 35.2 Å². The molecule has 0 saturated heterocycles. The van der Waals surface area contributed by atoms with Gasteiger partial charge in [-0.25, -0.2) is 4.79 Å². The lowest BCUT2D eigenvalue weighted by Gasteiger charge is -2.09. The molecule has 0 aliphatic rings. The number of ether oxygens (including phenoxy) is 3. The average molecular weight is 415 g/mol. The first-order chi connectivity index (χ1) is 14.3. The van der Waals surface area contributed by atoms with E-state index in [0.29, 0.717) is 23.7 Å². The van der Waals surface area contributed by atoms with Gasteiger partial charge in [0, 0.05) is 6.08 Å². The van der Waals surface area contributed by atoms with Gasteiger partial charge in [0.2, 0.25) is 5.88 Å². The SMILES string of the molecule is CCOC(=O)c1c(NC(=O)/C=C/c2ccc(OCC)c(OC)c2)oc(C)c1C(C)=O. The summed E-state index contributed by atoms with van der Waals surface area (Å²) in [5.41, 5.74) is 0.700. The lowest BCUT2D eigenvalue weighted by Crippen LogP contribution is -2.14. The van der Waals surface area contributed by atoms with Crippen LogP contribution in [0.1, 0.15) is 52.8 Å². The van der Waals surface area contributed by atoms with Crippen LogP contribution in [0.2, 0.25) is 0 Å². The molecular formula is C22H25NO7. The predicted molar refractivity (Wildman–Crippen MR) is 111 cm³/mol. The minimum absolute atomic E-state index is 0.0870. The van der Waals surface area contributed by atoms with Gasteiger partial charge < -0.3 is 18.6 Å². The molecule has 0 radical (unpaired) electrons. The summed E-state index contributed by atoms with van der Waals surface area (Å²) < 4.78 is 21.2. The van der Waals surface area contributed by atoms with Crippen molar-refractivity contribution in [3.8, 4) is 11.5 Å². The van der Waals surface area contributed by atoms with E-state index in [4.69, 9.17) is 18.6 Å². The number of anilines is 1. The van der Waals surface area contributed by atoms with Gasteiger partial charge in [0.05, 0.1) is 25.9 Å². The van der Waals surface area contributed by atoms with Crippen molar-refractivity contribution in [1.82, 2.24) is 0 Å². The summed E-state index contributed by atoms with van der Waals surface area (Å²) in [7, 11) is 1.53. The van der Waals surface area contributed by atoms with Gasteiger partial charge >= 0.3 is 5.97 Å². The zero-order valence-corrected chi connectivity index (χ0v) is 17.7. The summed E-state index contributed by atoms with van der Waals surface area (Å²) in [5, 5.41) is 2.50. The zero-order valence-electron chi connectivity index (χ0n) is 17.7.